The lowest BCUT2D eigenvalue weighted by molar-refractivity contribution is -0.00558. The molecule has 2 atom stereocenters. The normalized spacial score (nSPS) is 32.0. The number of aliphatic hydroxyl groups is 1. The Morgan fingerprint density at radius 1 is 1.47 bits per heavy atom. The van der Waals surface area contributed by atoms with Crippen LogP contribution in [0.2, 0.25) is 0 Å². The first kappa shape index (κ1) is 11.9. The summed E-state index contributed by atoms with van der Waals surface area (Å²) in [7, 11) is 0. The Balaban J connectivity index is 1.95. The van der Waals surface area contributed by atoms with Gasteiger partial charge in [0.2, 0.25) is 0 Å². The van der Waals surface area contributed by atoms with E-state index >= 15 is 0 Å². The van der Waals surface area contributed by atoms with Crippen molar-refractivity contribution >= 4 is 27.7 Å². The van der Waals surface area contributed by atoms with E-state index in [0.29, 0.717) is 0 Å². The molecule has 0 bridgehead atoms. The molecule has 4 heteroatoms. The third kappa shape index (κ3) is 2.23. The number of hydrogen-bond acceptors (Lipinski definition) is 3. The first-order valence-corrected chi connectivity index (χ1v) is 7.88. The van der Waals surface area contributed by atoms with E-state index in [1.165, 1.54) is 12.2 Å². The van der Waals surface area contributed by atoms with Crippen molar-refractivity contribution in [2.24, 2.45) is 0 Å². The summed E-state index contributed by atoms with van der Waals surface area (Å²) in [5, 5.41) is 10.3. The van der Waals surface area contributed by atoms with E-state index < -0.39 is 0 Å². The lowest BCUT2D eigenvalue weighted by Gasteiger charge is -2.42. The van der Waals surface area contributed by atoms with Crippen LogP contribution in [0.5, 0.6) is 5.75 Å². The van der Waals surface area contributed by atoms with Gasteiger partial charge in [0.25, 0.3) is 0 Å². The number of fused-ring (bicyclic) bond motifs is 1. The van der Waals surface area contributed by atoms with E-state index in [9.17, 15) is 5.11 Å². The molecule has 2 aliphatic heterocycles. The summed E-state index contributed by atoms with van der Waals surface area (Å²) in [4.78, 5) is 0. The Hall–Kier alpha value is -0.190. The predicted molar refractivity (Wildman–Crippen MR) is 73.6 cm³/mol. The van der Waals surface area contributed by atoms with Crippen molar-refractivity contribution in [2.75, 3.05) is 11.5 Å². The van der Waals surface area contributed by atoms with E-state index in [2.05, 4.69) is 15.9 Å². The number of aliphatic hydroxyl groups excluding tert-OH is 1. The second kappa shape index (κ2) is 4.48. The highest BCUT2D eigenvalue weighted by Crippen LogP contribution is 2.45. The third-order valence-electron chi connectivity index (χ3n) is 3.51. The predicted octanol–water partition coefficient (Wildman–Crippen LogP) is 3.53. The highest BCUT2D eigenvalue weighted by atomic mass is 79.9. The fraction of sp³-hybridized carbons (Fsp3) is 0.538. The summed E-state index contributed by atoms with van der Waals surface area (Å²) >= 11 is 5.39. The van der Waals surface area contributed by atoms with Crippen molar-refractivity contribution in [2.45, 2.75) is 31.0 Å². The number of thioether (sulfide) groups is 1. The SMILES string of the molecule is OC1CC2(CCCSC2)Oc2cc(Br)ccc21. The maximum atomic E-state index is 10.3. The molecular weight excluding hydrogens is 300 g/mol. The van der Waals surface area contributed by atoms with Gasteiger partial charge in [-0.2, -0.15) is 11.8 Å². The standard InChI is InChI=1S/C13H15BrO2S/c14-9-2-3-10-11(15)7-13(16-12(10)6-9)4-1-5-17-8-13/h2-3,6,11,15H,1,4-5,7-8H2. The van der Waals surface area contributed by atoms with Gasteiger partial charge in [-0.1, -0.05) is 22.0 Å². The first-order chi connectivity index (χ1) is 8.19. The zero-order valence-corrected chi connectivity index (χ0v) is 11.9. The van der Waals surface area contributed by atoms with Gasteiger partial charge in [-0.15, -0.1) is 0 Å². The van der Waals surface area contributed by atoms with Crippen LogP contribution in [0.1, 0.15) is 30.9 Å². The van der Waals surface area contributed by atoms with E-state index in [4.69, 9.17) is 4.74 Å². The van der Waals surface area contributed by atoms with Crippen molar-refractivity contribution in [1.82, 2.24) is 0 Å². The molecule has 17 heavy (non-hydrogen) atoms. The summed E-state index contributed by atoms with van der Waals surface area (Å²) in [6.07, 6.45) is 2.59. The van der Waals surface area contributed by atoms with Gasteiger partial charge >= 0.3 is 0 Å². The fourth-order valence-corrected chi connectivity index (χ4v) is 4.20. The van der Waals surface area contributed by atoms with Gasteiger partial charge in [0.1, 0.15) is 11.4 Å². The maximum Gasteiger partial charge on any atom is 0.127 e. The summed E-state index contributed by atoms with van der Waals surface area (Å²) < 4.78 is 7.20. The Bertz CT molecular complexity index is 429. The Morgan fingerprint density at radius 2 is 2.35 bits per heavy atom. The molecule has 1 N–H and O–H groups in total. The fourth-order valence-electron chi connectivity index (χ4n) is 2.68. The molecule has 2 unspecified atom stereocenters. The van der Waals surface area contributed by atoms with Crippen LogP contribution >= 0.6 is 27.7 Å². The van der Waals surface area contributed by atoms with Gasteiger partial charge in [-0.05, 0) is 30.7 Å². The molecule has 1 saturated heterocycles. The quantitative estimate of drug-likeness (QED) is 0.794. The highest BCUT2D eigenvalue weighted by Gasteiger charge is 2.41. The topological polar surface area (TPSA) is 29.5 Å². The number of hydrogen-bond donors (Lipinski definition) is 1. The summed E-state index contributed by atoms with van der Waals surface area (Å²) in [6.45, 7) is 0. The van der Waals surface area contributed by atoms with E-state index in [0.717, 1.165) is 34.4 Å². The molecule has 0 radical (unpaired) electrons. The monoisotopic (exact) mass is 314 g/mol. The second-order valence-corrected chi connectivity index (χ2v) is 6.86. The minimum Gasteiger partial charge on any atom is -0.486 e. The van der Waals surface area contributed by atoms with Gasteiger partial charge in [-0.25, -0.2) is 0 Å². The molecule has 2 nitrogen and oxygen atoms in total. The molecule has 2 aliphatic rings. The first-order valence-electron chi connectivity index (χ1n) is 5.93. The lowest BCUT2D eigenvalue weighted by atomic mass is 9.86. The van der Waals surface area contributed by atoms with E-state index in [1.807, 2.05) is 30.0 Å². The molecule has 0 aromatic heterocycles. The average Bonchev–Trinajstić information content (AvgIpc) is 2.29. The summed E-state index contributed by atoms with van der Waals surface area (Å²) in [6, 6.07) is 5.88. The van der Waals surface area contributed by atoms with Crippen molar-refractivity contribution in [3.63, 3.8) is 0 Å². The molecular formula is C13H15BrO2S. The third-order valence-corrected chi connectivity index (χ3v) is 5.31. The van der Waals surface area contributed by atoms with Crippen LogP contribution in [0.4, 0.5) is 0 Å². The minimum atomic E-state index is -0.384. The van der Waals surface area contributed by atoms with Crippen LogP contribution in [-0.2, 0) is 0 Å². The maximum absolute atomic E-state index is 10.3. The van der Waals surface area contributed by atoms with E-state index in [-0.39, 0.29) is 11.7 Å². The van der Waals surface area contributed by atoms with Crippen LogP contribution in [0.15, 0.2) is 22.7 Å². The number of benzene rings is 1. The van der Waals surface area contributed by atoms with Gasteiger partial charge in [0.15, 0.2) is 0 Å². The highest BCUT2D eigenvalue weighted by molar-refractivity contribution is 9.10. The Morgan fingerprint density at radius 3 is 3.12 bits per heavy atom. The molecule has 1 fully saturated rings. The molecule has 1 spiro atoms. The summed E-state index contributed by atoms with van der Waals surface area (Å²) in [5.74, 6) is 3.06. The van der Waals surface area contributed by atoms with E-state index in [1.54, 1.807) is 0 Å². The van der Waals surface area contributed by atoms with Crippen LogP contribution in [0.25, 0.3) is 0 Å². The molecule has 1 aromatic rings. The molecule has 0 amide bonds. The van der Waals surface area contributed by atoms with Crippen LogP contribution < -0.4 is 4.74 Å². The number of rotatable bonds is 0. The number of halogens is 1. The lowest BCUT2D eigenvalue weighted by Crippen LogP contribution is -2.45. The Kier molecular flexibility index (Phi) is 3.13. The van der Waals surface area contributed by atoms with Gasteiger partial charge in [0.05, 0.1) is 6.10 Å². The van der Waals surface area contributed by atoms with Crippen LogP contribution in [0.3, 0.4) is 0 Å². The second-order valence-electron chi connectivity index (χ2n) is 4.84. The number of ether oxygens (including phenoxy) is 1. The van der Waals surface area contributed by atoms with Gasteiger partial charge in [0, 0.05) is 22.2 Å². The van der Waals surface area contributed by atoms with Crippen LogP contribution in [-0.4, -0.2) is 22.2 Å². The zero-order valence-electron chi connectivity index (χ0n) is 9.49. The van der Waals surface area contributed by atoms with Crippen molar-refractivity contribution in [1.29, 1.82) is 0 Å². The molecule has 2 heterocycles. The summed E-state index contributed by atoms with van der Waals surface area (Å²) in [5.41, 5.74) is 0.783. The van der Waals surface area contributed by atoms with Crippen LogP contribution in [0, 0.1) is 0 Å². The largest absolute Gasteiger partial charge is 0.486 e. The molecule has 92 valence electrons. The molecule has 0 aliphatic carbocycles. The zero-order chi connectivity index (χ0) is 11.9. The smallest absolute Gasteiger partial charge is 0.127 e. The van der Waals surface area contributed by atoms with Gasteiger partial charge in [-0.3, -0.25) is 0 Å². The van der Waals surface area contributed by atoms with Crippen molar-refractivity contribution in [3.8, 4) is 5.75 Å². The van der Waals surface area contributed by atoms with Gasteiger partial charge < -0.3 is 9.84 Å². The molecule has 0 saturated carbocycles. The Labute approximate surface area is 114 Å². The molecule has 1 aromatic carbocycles. The molecule has 3 rings (SSSR count). The van der Waals surface area contributed by atoms with Crippen molar-refractivity contribution < 1.29 is 9.84 Å². The minimum absolute atomic E-state index is 0.143. The van der Waals surface area contributed by atoms with Crippen molar-refractivity contribution in [3.05, 3.63) is 28.2 Å². The average molecular weight is 315 g/mol.